The molecule has 2 rings (SSSR count). The lowest BCUT2D eigenvalue weighted by Crippen LogP contribution is -2.27. The van der Waals surface area contributed by atoms with E-state index >= 15 is 4.39 Å². The minimum absolute atomic E-state index is 0. The Bertz CT molecular complexity index is 1050. The number of thiophene rings is 1. The molecule has 6 N–H and O–H groups in total. The molecule has 0 aliphatic carbocycles. The molecule has 1 aromatic heterocycles. The van der Waals surface area contributed by atoms with E-state index in [9.17, 15) is 17.9 Å². The van der Waals surface area contributed by atoms with Gasteiger partial charge in [0.25, 0.3) is 10.0 Å². The number of nitrogens with two attached hydrogens (primary N) is 2. The average Bonchev–Trinajstić information content (AvgIpc) is 3.00. The zero-order chi connectivity index (χ0) is 22.5. The molecule has 1 atom stereocenters. The highest BCUT2D eigenvalue weighted by atomic mass is 32.2. The molecule has 14 heteroatoms. The van der Waals surface area contributed by atoms with Gasteiger partial charge in [-0.15, -0.1) is 11.3 Å². The van der Waals surface area contributed by atoms with E-state index < -0.39 is 29.7 Å². The Morgan fingerprint density at radius 2 is 1.90 bits per heavy atom. The first-order chi connectivity index (χ1) is 14.0. The molecule has 0 saturated heterocycles. The van der Waals surface area contributed by atoms with Crippen LogP contribution in [0.4, 0.5) is 4.39 Å². The Balaban J connectivity index is 0.00000480. The Morgan fingerprint density at radius 3 is 2.47 bits per heavy atom. The molecule has 0 aliphatic rings. The number of nitrogens with one attached hydrogen (secondary N) is 1. The number of halogens is 1. The molecular weight excluding hydrogens is 460 g/mol. The van der Waals surface area contributed by atoms with Crippen LogP contribution < -0.4 is 30.6 Å². The Kier molecular flexibility index (Phi) is 8.60. The van der Waals surface area contributed by atoms with Gasteiger partial charge in [0.2, 0.25) is 0 Å². The van der Waals surface area contributed by atoms with E-state index in [2.05, 4.69) is 0 Å². The fraction of sp³-hybridized carbons (Fsp3) is 0.500. The van der Waals surface area contributed by atoms with Crippen LogP contribution in [0.1, 0.15) is 19.8 Å². The summed E-state index contributed by atoms with van der Waals surface area (Å²) in [4.78, 5) is 19.7. The molecule has 170 valence electrons. The maximum atomic E-state index is 15.2. The standard InChI is InChI=1S/C16H25FN3O7PS2/c1-10-11-8-12(26-6-2-4-18)14(27-7-3-5-19)13(17)15(11)29-16(10)30(24,25)20-9-28(21,22)23/h8,20H,2-7,9,18-19H2,1H3,(H2,21,22,23). The van der Waals surface area contributed by atoms with Crippen LogP contribution in [0.25, 0.3) is 10.1 Å². The van der Waals surface area contributed by atoms with Gasteiger partial charge in [-0.1, -0.05) is 0 Å². The monoisotopic (exact) mass is 485 g/mol. The van der Waals surface area contributed by atoms with Gasteiger partial charge >= 0.3 is 1.43 Å². The van der Waals surface area contributed by atoms with Crippen molar-refractivity contribution in [2.75, 3.05) is 32.6 Å². The molecule has 10 nitrogen and oxygen atoms in total. The minimum atomic E-state index is -4.86. The van der Waals surface area contributed by atoms with Crippen LogP contribution in [0.3, 0.4) is 0 Å². The molecule has 0 radical (unpaired) electrons. The molecular formula is C16H25FN3O7PS2. The number of fused-ring (bicyclic) bond motifs is 1. The molecule has 0 amide bonds. The number of sulfonamides is 1. The third-order valence-corrected chi connectivity index (χ3v) is 8.04. The molecule has 0 bridgehead atoms. The third-order valence-electron chi connectivity index (χ3n) is 3.95. The van der Waals surface area contributed by atoms with Crippen LogP contribution in [0.15, 0.2) is 10.3 Å². The van der Waals surface area contributed by atoms with Crippen molar-refractivity contribution in [3.8, 4) is 11.5 Å². The van der Waals surface area contributed by atoms with Crippen molar-refractivity contribution >= 4 is 39.0 Å². The van der Waals surface area contributed by atoms with Gasteiger partial charge in [-0.3, -0.25) is 0 Å². The first-order valence-electron chi connectivity index (χ1n) is 8.95. The summed E-state index contributed by atoms with van der Waals surface area (Å²) in [5, 5.41) is 0.279. The SMILES string of the molecule is Cc1c(S(=O)(=O)NCP(=O)([O-])O)sc2c(F)c(OCCCN)c(OCCCN)cc12.[H+]. The topological polar surface area (TPSA) is 177 Å². The van der Waals surface area contributed by atoms with Gasteiger partial charge in [0.15, 0.2) is 17.3 Å². The number of hydrogen-bond donors (Lipinski definition) is 4. The first kappa shape index (κ1) is 25.0. The van der Waals surface area contributed by atoms with Crippen LogP contribution in [0, 0.1) is 12.7 Å². The van der Waals surface area contributed by atoms with Gasteiger partial charge in [-0.05, 0) is 44.5 Å². The van der Waals surface area contributed by atoms with Gasteiger partial charge in [-0.25, -0.2) is 17.5 Å². The summed E-state index contributed by atoms with van der Waals surface area (Å²) >= 11 is 0.619. The maximum absolute atomic E-state index is 15.2. The van der Waals surface area contributed by atoms with Crippen molar-refractivity contribution < 1.29 is 38.1 Å². The van der Waals surface area contributed by atoms with E-state index in [1.54, 1.807) is 4.72 Å². The summed E-state index contributed by atoms with van der Waals surface area (Å²) in [5.74, 6) is -0.855. The minimum Gasteiger partial charge on any atom is -0.778 e. The van der Waals surface area contributed by atoms with Crippen LogP contribution in [-0.2, 0) is 14.6 Å². The van der Waals surface area contributed by atoms with Gasteiger partial charge < -0.3 is 35.3 Å². The molecule has 0 saturated carbocycles. The molecule has 1 heterocycles. The molecule has 1 aromatic carbocycles. The lowest BCUT2D eigenvalue weighted by Gasteiger charge is -2.15. The highest BCUT2D eigenvalue weighted by Gasteiger charge is 2.27. The van der Waals surface area contributed by atoms with Gasteiger partial charge in [0, 0.05) is 5.39 Å². The Morgan fingerprint density at radius 1 is 1.30 bits per heavy atom. The molecule has 0 spiro atoms. The van der Waals surface area contributed by atoms with Crippen LogP contribution in [0.2, 0.25) is 0 Å². The van der Waals surface area contributed by atoms with Crippen molar-refractivity contribution in [3.05, 3.63) is 17.4 Å². The first-order valence-corrected chi connectivity index (χ1v) is 13.0. The maximum Gasteiger partial charge on any atom is 1.00 e. The predicted octanol–water partition coefficient (Wildman–Crippen LogP) is 0.698. The summed E-state index contributed by atoms with van der Waals surface area (Å²) in [5.41, 5.74) is 11.1. The predicted molar refractivity (Wildman–Crippen MR) is 111 cm³/mol. The molecule has 0 fully saturated rings. The quantitative estimate of drug-likeness (QED) is 0.249. The average molecular weight is 485 g/mol. The van der Waals surface area contributed by atoms with Crippen molar-refractivity contribution in [2.24, 2.45) is 11.5 Å². The number of rotatable bonds is 12. The fourth-order valence-electron chi connectivity index (χ4n) is 2.50. The molecule has 1 unspecified atom stereocenters. The van der Waals surface area contributed by atoms with E-state index in [-0.39, 0.29) is 46.0 Å². The summed E-state index contributed by atoms with van der Waals surface area (Å²) in [6.07, 6.45) is -0.181. The lowest BCUT2D eigenvalue weighted by atomic mass is 10.1. The van der Waals surface area contributed by atoms with E-state index in [0.717, 1.165) is 0 Å². The smallest absolute Gasteiger partial charge is 0.778 e. The van der Waals surface area contributed by atoms with Crippen LogP contribution in [-0.4, -0.2) is 45.9 Å². The van der Waals surface area contributed by atoms with E-state index in [1.165, 1.54) is 13.0 Å². The van der Waals surface area contributed by atoms with Crippen molar-refractivity contribution in [3.63, 3.8) is 0 Å². The zero-order valence-electron chi connectivity index (χ0n) is 17.2. The van der Waals surface area contributed by atoms with Crippen LogP contribution in [0.5, 0.6) is 11.5 Å². The highest BCUT2D eigenvalue weighted by Crippen LogP contribution is 2.44. The van der Waals surface area contributed by atoms with Crippen LogP contribution >= 0.6 is 18.9 Å². The second-order valence-electron chi connectivity index (χ2n) is 6.33. The fourth-order valence-corrected chi connectivity index (χ4v) is 6.30. The Labute approximate surface area is 179 Å². The summed E-state index contributed by atoms with van der Waals surface area (Å²) in [7, 11) is -9.17. The molecule has 2 aromatic rings. The largest absolute Gasteiger partial charge is 1.00 e. The molecule has 30 heavy (non-hydrogen) atoms. The summed E-state index contributed by atoms with van der Waals surface area (Å²) < 4.78 is 63.7. The van der Waals surface area contributed by atoms with E-state index in [0.29, 0.717) is 37.3 Å². The number of benzene rings is 1. The van der Waals surface area contributed by atoms with Gasteiger partial charge in [0.1, 0.15) is 11.8 Å². The summed E-state index contributed by atoms with van der Waals surface area (Å²) in [6, 6.07) is 1.47. The lowest BCUT2D eigenvalue weighted by molar-refractivity contribution is -0.193. The van der Waals surface area contributed by atoms with E-state index in [4.69, 9.17) is 25.8 Å². The number of aryl methyl sites for hydroxylation is 1. The second kappa shape index (κ2) is 10.3. The normalized spacial score (nSPS) is 14.1. The Hall–Kier alpha value is -1.31. The zero-order valence-corrected chi connectivity index (χ0v) is 18.7. The van der Waals surface area contributed by atoms with Crippen molar-refractivity contribution in [1.82, 2.24) is 4.72 Å². The van der Waals surface area contributed by atoms with E-state index in [1.807, 2.05) is 0 Å². The third kappa shape index (κ3) is 6.11. The number of hydrogen-bond acceptors (Lipinski definition) is 9. The highest BCUT2D eigenvalue weighted by molar-refractivity contribution is 7.92. The molecule has 0 aliphatic heterocycles. The van der Waals surface area contributed by atoms with Gasteiger partial charge in [-0.2, -0.15) is 0 Å². The second-order valence-corrected chi connectivity index (χ2v) is 10.9. The van der Waals surface area contributed by atoms with Crippen molar-refractivity contribution in [2.45, 2.75) is 24.0 Å². The number of ether oxygens (including phenoxy) is 2. The van der Waals surface area contributed by atoms with Gasteiger partial charge in [0.05, 0.1) is 24.2 Å². The van der Waals surface area contributed by atoms with Crippen molar-refractivity contribution in [1.29, 1.82) is 0 Å². The summed E-state index contributed by atoms with van der Waals surface area (Å²) in [6.45, 7) is 2.52.